The summed E-state index contributed by atoms with van der Waals surface area (Å²) in [6.45, 7) is 6.55. The lowest BCUT2D eigenvalue weighted by Gasteiger charge is -2.33. The third-order valence-electron chi connectivity index (χ3n) is 6.64. The van der Waals surface area contributed by atoms with Gasteiger partial charge in [0.1, 0.15) is 16.1 Å². The maximum atomic E-state index is 13.9. The highest BCUT2D eigenvalue weighted by atomic mass is 35.5. The maximum Gasteiger partial charge on any atom is 0.433 e. The monoisotopic (exact) mass is 563 g/mol. The fourth-order valence-electron chi connectivity index (χ4n) is 4.58. The quantitative estimate of drug-likeness (QED) is 0.280. The number of nitriles is 1. The highest BCUT2D eigenvalue weighted by Crippen LogP contribution is 2.44. The van der Waals surface area contributed by atoms with Gasteiger partial charge in [-0.15, -0.1) is 22.7 Å². The summed E-state index contributed by atoms with van der Waals surface area (Å²) in [4.78, 5) is 19.0. The molecule has 0 spiro atoms. The van der Waals surface area contributed by atoms with E-state index in [1.54, 1.807) is 17.5 Å². The lowest BCUT2D eigenvalue weighted by Crippen LogP contribution is -2.26. The average molecular weight is 564 g/mol. The molecular weight excluding hydrogens is 543 g/mol. The van der Waals surface area contributed by atoms with Crippen molar-refractivity contribution >= 4 is 50.8 Å². The minimum Gasteiger partial charge on any atom is -0.311 e. The van der Waals surface area contributed by atoms with Gasteiger partial charge in [0.15, 0.2) is 17.0 Å². The van der Waals surface area contributed by atoms with Gasteiger partial charge in [-0.05, 0) is 53.7 Å². The molecule has 4 aromatic heterocycles. The van der Waals surface area contributed by atoms with Crippen LogP contribution in [-0.2, 0) is 19.0 Å². The third kappa shape index (κ3) is 4.62. The number of alkyl halides is 3. The van der Waals surface area contributed by atoms with Crippen LogP contribution in [-0.4, -0.2) is 20.5 Å². The van der Waals surface area contributed by atoms with Crippen LogP contribution >= 0.6 is 34.3 Å². The predicted molar refractivity (Wildman–Crippen MR) is 138 cm³/mol. The molecule has 5 rings (SSSR count). The van der Waals surface area contributed by atoms with E-state index in [9.17, 15) is 23.2 Å². The summed E-state index contributed by atoms with van der Waals surface area (Å²) < 4.78 is 42.3. The normalized spacial score (nSPS) is 16.0. The highest BCUT2D eigenvalue weighted by Gasteiger charge is 2.37. The van der Waals surface area contributed by atoms with Gasteiger partial charge < -0.3 is 5.32 Å². The van der Waals surface area contributed by atoms with Crippen LogP contribution in [0, 0.1) is 22.7 Å². The van der Waals surface area contributed by atoms with Crippen LogP contribution in [0.3, 0.4) is 0 Å². The van der Waals surface area contributed by atoms with Crippen LogP contribution in [0.4, 0.5) is 18.2 Å². The van der Waals surface area contributed by atoms with E-state index in [1.807, 2.05) is 0 Å². The topological polar surface area (TPSA) is 83.1 Å². The van der Waals surface area contributed by atoms with Gasteiger partial charge in [0.2, 0.25) is 0 Å². The minimum atomic E-state index is -4.76. The zero-order valence-corrected chi connectivity index (χ0v) is 22.4. The van der Waals surface area contributed by atoms with Gasteiger partial charge in [0.05, 0.1) is 16.1 Å². The Labute approximate surface area is 223 Å². The van der Waals surface area contributed by atoms with E-state index < -0.39 is 23.5 Å². The number of hydrogen-bond acceptors (Lipinski definition) is 6. The van der Waals surface area contributed by atoms with Crippen LogP contribution < -0.4 is 5.32 Å². The second-order valence-corrected chi connectivity index (χ2v) is 12.4. The summed E-state index contributed by atoms with van der Waals surface area (Å²) in [5, 5.41) is 18.2. The Morgan fingerprint density at radius 3 is 2.70 bits per heavy atom. The molecule has 0 saturated carbocycles. The summed E-state index contributed by atoms with van der Waals surface area (Å²) >= 11 is 8.94. The first-order valence-electron chi connectivity index (χ1n) is 11.4. The van der Waals surface area contributed by atoms with Crippen LogP contribution in [0.1, 0.15) is 59.4 Å². The predicted octanol–water partition coefficient (Wildman–Crippen LogP) is 7.47. The Balaban J connectivity index is 1.54. The molecule has 4 aromatic rings. The molecule has 37 heavy (non-hydrogen) atoms. The fraction of sp³-hybridized carbons (Fsp3) is 0.360. The van der Waals surface area contributed by atoms with Crippen LogP contribution in [0.25, 0.3) is 16.2 Å². The van der Waals surface area contributed by atoms with Crippen LogP contribution in [0.15, 0.2) is 23.6 Å². The molecule has 0 saturated heterocycles. The zero-order valence-electron chi connectivity index (χ0n) is 20.0. The Hall–Kier alpha value is -2.94. The number of carbonyl (C=O) groups excluding carboxylic acids is 1. The second-order valence-electron chi connectivity index (χ2n) is 9.98. The third-order valence-corrected chi connectivity index (χ3v) is 9.05. The summed E-state index contributed by atoms with van der Waals surface area (Å²) in [7, 11) is 0. The number of thiophene rings is 2. The zero-order chi connectivity index (χ0) is 26.7. The summed E-state index contributed by atoms with van der Waals surface area (Å²) in [5.74, 6) is -0.366. The molecule has 1 aliphatic rings. The molecule has 0 aromatic carbocycles. The Morgan fingerprint density at radius 1 is 1.32 bits per heavy atom. The van der Waals surface area contributed by atoms with E-state index in [0.29, 0.717) is 25.9 Å². The molecule has 0 unspecified atom stereocenters. The molecule has 6 nitrogen and oxygen atoms in total. The van der Waals surface area contributed by atoms with Crippen molar-refractivity contribution in [1.29, 1.82) is 5.26 Å². The van der Waals surface area contributed by atoms with Crippen molar-refractivity contribution in [2.75, 3.05) is 5.32 Å². The molecule has 12 heteroatoms. The fourth-order valence-corrected chi connectivity index (χ4v) is 6.79. The van der Waals surface area contributed by atoms with Gasteiger partial charge in [-0.1, -0.05) is 38.4 Å². The first kappa shape index (κ1) is 25.7. The van der Waals surface area contributed by atoms with Gasteiger partial charge in [-0.3, -0.25) is 4.79 Å². The molecule has 0 fully saturated rings. The number of nitrogens with one attached hydrogen (secondary N) is 1. The average Bonchev–Trinajstić information content (AvgIpc) is 3.54. The largest absolute Gasteiger partial charge is 0.433 e. The van der Waals surface area contributed by atoms with E-state index in [4.69, 9.17) is 11.6 Å². The standard InChI is InChI=1S/C25H21ClF3N5OS2/c1-24(2,3)12-6-7-13-14(11-30)23(37-17(13)9-12)32-22(35)20-19(26)21-31-15(16-5-4-8-36-16)10-18(25(27,28)29)34(21)33-20/h4-5,8,10,12H,6-7,9H2,1-3H3,(H,32,35)/t12-/m0/s1. The number of fused-ring (bicyclic) bond motifs is 2. The molecule has 1 aliphatic carbocycles. The van der Waals surface area contributed by atoms with Crippen molar-refractivity contribution in [3.8, 4) is 16.6 Å². The number of nitrogens with zero attached hydrogens (tertiary/aromatic N) is 4. The molecule has 1 atom stereocenters. The summed E-state index contributed by atoms with van der Waals surface area (Å²) in [6.07, 6.45) is -2.30. The van der Waals surface area contributed by atoms with Crippen molar-refractivity contribution in [3.63, 3.8) is 0 Å². The van der Waals surface area contributed by atoms with E-state index in [-0.39, 0.29) is 21.8 Å². The number of carbonyl (C=O) groups is 1. The molecule has 4 heterocycles. The van der Waals surface area contributed by atoms with Crippen molar-refractivity contribution in [2.45, 2.75) is 46.2 Å². The maximum absolute atomic E-state index is 13.9. The van der Waals surface area contributed by atoms with Crippen LogP contribution in [0.2, 0.25) is 5.02 Å². The van der Waals surface area contributed by atoms with Gasteiger partial charge in [-0.25, -0.2) is 9.50 Å². The van der Waals surface area contributed by atoms with E-state index in [1.165, 1.54) is 22.7 Å². The first-order valence-corrected chi connectivity index (χ1v) is 13.5. The Kier molecular flexibility index (Phi) is 6.33. The molecule has 1 amide bonds. The molecule has 192 valence electrons. The van der Waals surface area contributed by atoms with Crippen molar-refractivity contribution in [2.24, 2.45) is 11.3 Å². The van der Waals surface area contributed by atoms with Crippen LogP contribution in [0.5, 0.6) is 0 Å². The number of anilines is 1. The van der Waals surface area contributed by atoms with E-state index in [2.05, 4.69) is 42.2 Å². The van der Waals surface area contributed by atoms with Gasteiger partial charge in [0.25, 0.3) is 5.91 Å². The van der Waals surface area contributed by atoms with Gasteiger partial charge >= 0.3 is 6.18 Å². The number of rotatable bonds is 3. The number of hydrogen-bond donors (Lipinski definition) is 1. The number of amides is 1. The highest BCUT2D eigenvalue weighted by molar-refractivity contribution is 7.16. The summed E-state index contributed by atoms with van der Waals surface area (Å²) in [5.41, 5.74) is -0.280. The molecule has 0 bridgehead atoms. The second kappa shape index (κ2) is 9.11. The van der Waals surface area contributed by atoms with Crippen molar-refractivity contribution in [3.05, 3.63) is 56.0 Å². The first-order chi connectivity index (χ1) is 17.4. The number of halogens is 4. The van der Waals surface area contributed by atoms with Crippen molar-refractivity contribution < 1.29 is 18.0 Å². The molecule has 0 radical (unpaired) electrons. The van der Waals surface area contributed by atoms with E-state index in [0.717, 1.165) is 35.8 Å². The molecule has 0 aliphatic heterocycles. The lowest BCUT2D eigenvalue weighted by molar-refractivity contribution is -0.142. The van der Waals surface area contributed by atoms with Gasteiger partial charge in [-0.2, -0.15) is 23.5 Å². The van der Waals surface area contributed by atoms with Gasteiger partial charge in [0, 0.05) is 4.88 Å². The molecule has 1 N–H and O–H groups in total. The van der Waals surface area contributed by atoms with Crippen molar-refractivity contribution in [1.82, 2.24) is 14.6 Å². The smallest absolute Gasteiger partial charge is 0.311 e. The summed E-state index contributed by atoms with van der Waals surface area (Å²) in [6, 6.07) is 6.42. The minimum absolute atomic E-state index is 0.0784. The lowest BCUT2D eigenvalue weighted by atomic mass is 9.72. The van der Waals surface area contributed by atoms with E-state index >= 15 is 0 Å². The Bertz CT molecular complexity index is 1560. The SMILES string of the molecule is CC(C)(C)[C@H]1CCc2c(sc(NC(=O)c3nn4c(C(F)(F)F)cc(-c5cccs5)nc4c3Cl)c2C#N)C1. The molecular formula is C25H21ClF3N5OS2. The Morgan fingerprint density at radius 2 is 2.08 bits per heavy atom. The number of aromatic nitrogens is 3.